The standard InChI is InChI=1S/C13H28S2/c1-12(14)10-8-6-4-3-5-7-9-11-13(2)15/h12-15H,3-11H2,1-2H3. The van der Waals surface area contributed by atoms with Crippen LogP contribution in [-0.2, 0) is 0 Å². The van der Waals surface area contributed by atoms with E-state index in [2.05, 4.69) is 39.1 Å². The van der Waals surface area contributed by atoms with Crippen molar-refractivity contribution < 1.29 is 0 Å². The van der Waals surface area contributed by atoms with E-state index in [1.165, 1.54) is 57.8 Å². The summed E-state index contributed by atoms with van der Waals surface area (Å²) in [6.45, 7) is 4.36. The Hall–Kier alpha value is 0.700. The van der Waals surface area contributed by atoms with Gasteiger partial charge in [0.05, 0.1) is 0 Å². The summed E-state index contributed by atoms with van der Waals surface area (Å²) in [5.74, 6) is 0. The number of hydrogen-bond donors (Lipinski definition) is 2. The van der Waals surface area contributed by atoms with Gasteiger partial charge < -0.3 is 0 Å². The Bertz CT molecular complexity index is 108. The molecule has 0 aliphatic rings. The quantitative estimate of drug-likeness (QED) is 0.388. The van der Waals surface area contributed by atoms with Crippen LogP contribution in [0, 0.1) is 0 Å². The topological polar surface area (TPSA) is 0 Å². The Morgan fingerprint density at radius 3 is 1.13 bits per heavy atom. The van der Waals surface area contributed by atoms with Gasteiger partial charge in [0.2, 0.25) is 0 Å². The Morgan fingerprint density at radius 2 is 0.867 bits per heavy atom. The predicted molar refractivity (Wildman–Crippen MR) is 78.4 cm³/mol. The summed E-state index contributed by atoms with van der Waals surface area (Å²) in [7, 11) is 0. The van der Waals surface area contributed by atoms with E-state index in [1.54, 1.807) is 0 Å². The summed E-state index contributed by atoms with van der Waals surface area (Å²) in [5, 5.41) is 1.17. The molecule has 0 aliphatic carbocycles. The molecule has 0 saturated carbocycles. The van der Waals surface area contributed by atoms with E-state index in [0.717, 1.165) is 0 Å². The Labute approximate surface area is 107 Å². The van der Waals surface area contributed by atoms with E-state index in [0.29, 0.717) is 10.5 Å². The molecule has 0 bridgehead atoms. The van der Waals surface area contributed by atoms with Gasteiger partial charge in [-0.2, -0.15) is 25.3 Å². The summed E-state index contributed by atoms with van der Waals surface area (Å²) in [5.41, 5.74) is 0. The first-order valence-corrected chi connectivity index (χ1v) is 7.52. The highest BCUT2D eigenvalue weighted by molar-refractivity contribution is 7.81. The van der Waals surface area contributed by atoms with Crippen LogP contribution in [0.4, 0.5) is 0 Å². The van der Waals surface area contributed by atoms with Crippen molar-refractivity contribution in [1.29, 1.82) is 0 Å². The molecule has 0 nitrogen and oxygen atoms in total. The Balaban J connectivity index is 2.93. The molecule has 0 radical (unpaired) electrons. The van der Waals surface area contributed by atoms with Gasteiger partial charge in [0.15, 0.2) is 0 Å². The summed E-state index contributed by atoms with van der Waals surface area (Å²) in [4.78, 5) is 0. The molecule has 0 aliphatic heterocycles. The largest absolute Gasteiger partial charge is 0.176 e. The smallest absolute Gasteiger partial charge is 0.00116 e. The van der Waals surface area contributed by atoms with Crippen molar-refractivity contribution in [2.45, 2.75) is 82.1 Å². The lowest BCUT2D eigenvalue weighted by Gasteiger charge is -2.05. The predicted octanol–water partition coefficient (Wildman–Crippen LogP) is 5.13. The normalized spacial score (nSPS) is 15.2. The fraction of sp³-hybridized carbons (Fsp3) is 1.00. The zero-order chi connectivity index (χ0) is 11.5. The second kappa shape index (κ2) is 11.2. The van der Waals surface area contributed by atoms with Gasteiger partial charge in [0.1, 0.15) is 0 Å². The monoisotopic (exact) mass is 248 g/mol. The van der Waals surface area contributed by atoms with Crippen molar-refractivity contribution in [1.82, 2.24) is 0 Å². The highest BCUT2D eigenvalue weighted by atomic mass is 32.1. The van der Waals surface area contributed by atoms with Crippen molar-refractivity contribution in [3.8, 4) is 0 Å². The highest BCUT2D eigenvalue weighted by Crippen LogP contribution is 2.13. The Kier molecular flexibility index (Phi) is 11.7. The van der Waals surface area contributed by atoms with Gasteiger partial charge in [-0.1, -0.05) is 58.8 Å². The van der Waals surface area contributed by atoms with Gasteiger partial charge in [-0.25, -0.2) is 0 Å². The van der Waals surface area contributed by atoms with Gasteiger partial charge in [-0.05, 0) is 23.3 Å². The summed E-state index contributed by atoms with van der Waals surface area (Å²) in [6, 6.07) is 0. The molecule has 0 aromatic rings. The van der Waals surface area contributed by atoms with E-state index in [-0.39, 0.29) is 0 Å². The molecule has 0 spiro atoms. The van der Waals surface area contributed by atoms with Gasteiger partial charge in [0, 0.05) is 0 Å². The molecular weight excluding hydrogens is 220 g/mol. The summed E-state index contributed by atoms with van der Waals surface area (Å²) < 4.78 is 0. The minimum absolute atomic E-state index is 0.585. The first-order valence-electron chi connectivity index (χ1n) is 6.49. The fourth-order valence-electron chi connectivity index (χ4n) is 1.76. The van der Waals surface area contributed by atoms with E-state index < -0.39 is 0 Å². The first-order chi connectivity index (χ1) is 7.13. The van der Waals surface area contributed by atoms with Crippen LogP contribution in [0.5, 0.6) is 0 Å². The molecule has 0 heterocycles. The zero-order valence-corrected chi connectivity index (χ0v) is 12.2. The van der Waals surface area contributed by atoms with Gasteiger partial charge in [-0.3, -0.25) is 0 Å². The van der Waals surface area contributed by atoms with Crippen LogP contribution in [0.3, 0.4) is 0 Å². The van der Waals surface area contributed by atoms with Crippen molar-refractivity contribution in [2.75, 3.05) is 0 Å². The second-order valence-corrected chi connectivity index (χ2v) is 6.51. The van der Waals surface area contributed by atoms with Crippen LogP contribution in [-0.4, -0.2) is 10.5 Å². The van der Waals surface area contributed by atoms with Gasteiger partial charge in [0.25, 0.3) is 0 Å². The molecule has 0 aromatic heterocycles. The van der Waals surface area contributed by atoms with Crippen LogP contribution in [0.1, 0.15) is 71.6 Å². The van der Waals surface area contributed by atoms with Crippen LogP contribution in [0.25, 0.3) is 0 Å². The lowest BCUT2D eigenvalue weighted by Crippen LogP contribution is -1.91. The van der Waals surface area contributed by atoms with E-state index in [1.807, 2.05) is 0 Å². The summed E-state index contributed by atoms with van der Waals surface area (Å²) in [6.07, 6.45) is 12.3. The molecule has 2 unspecified atom stereocenters. The molecule has 0 rings (SSSR count). The lowest BCUT2D eigenvalue weighted by molar-refractivity contribution is 0.558. The number of thiol groups is 2. The minimum atomic E-state index is 0.585. The maximum atomic E-state index is 4.38. The van der Waals surface area contributed by atoms with E-state index >= 15 is 0 Å². The molecule has 0 amide bonds. The van der Waals surface area contributed by atoms with Crippen LogP contribution in [0.2, 0.25) is 0 Å². The molecule has 0 aromatic carbocycles. The van der Waals surface area contributed by atoms with Crippen molar-refractivity contribution >= 4 is 25.3 Å². The van der Waals surface area contributed by atoms with Crippen LogP contribution >= 0.6 is 25.3 Å². The Morgan fingerprint density at radius 1 is 0.600 bits per heavy atom. The molecule has 92 valence electrons. The first kappa shape index (κ1) is 15.7. The van der Waals surface area contributed by atoms with Gasteiger partial charge >= 0.3 is 0 Å². The maximum absolute atomic E-state index is 4.38. The molecule has 2 atom stereocenters. The molecule has 2 heteroatoms. The second-order valence-electron chi connectivity index (χ2n) is 4.75. The third kappa shape index (κ3) is 14.7. The molecule has 0 saturated heterocycles. The van der Waals surface area contributed by atoms with Crippen molar-refractivity contribution in [3.63, 3.8) is 0 Å². The van der Waals surface area contributed by atoms with Crippen molar-refractivity contribution in [3.05, 3.63) is 0 Å². The third-order valence-corrected chi connectivity index (χ3v) is 3.26. The average molecular weight is 249 g/mol. The number of unbranched alkanes of at least 4 members (excludes halogenated alkanes) is 6. The van der Waals surface area contributed by atoms with Crippen LogP contribution in [0.15, 0.2) is 0 Å². The van der Waals surface area contributed by atoms with E-state index in [4.69, 9.17) is 0 Å². The number of rotatable bonds is 10. The molecule has 15 heavy (non-hydrogen) atoms. The van der Waals surface area contributed by atoms with Crippen LogP contribution < -0.4 is 0 Å². The van der Waals surface area contributed by atoms with Crippen molar-refractivity contribution in [2.24, 2.45) is 0 Å². The molecule has 0 fully saturated rings. The average Bonchev–Trinajstić information content (AvgIpc) is 2.14. The minimum Gasteiger partial charge on any atom is -0.176 e. The lowest BCUT2D eigenvalue weighted by atomic mass is 10.1. The number of hydrogen-bond acceptors (Lipinski definition) is 2. The third-order valence-electron chi connectivity index (χ3n) is 2.74. The SMILES string of the molecule is CC(S)CCCCCCCCCC(C)S. The fourth-order valence-corrected chi connectivity index (χ4v) is 2.13. The highest BCUT2D eigenvalue weighted by Gasteiger charge is 1.96. The zero-order valence-electron chi connectivity index (χ0n) is 10.4. The summed E-state index contributed by atoms with van der Waals surface area (Å²) >= 11 is 8.76. The molecular formula is C13H28S2. The molecule has 0 N–H and O–H groups in total. The van der Waals surface area contributed by atoms with Gasteiger partial charge in [-0.15, -0.1) is 0 Å². The maximum Gasteiger partial charge on any atom is -0.00116 e. The van der Waals surface area contributed by atoms with E-state index in [9.17, 15) is 0 Å².